The van der Waals surface area contributed by atoms with Gasteiger partial charge in [-0.2, -0.15) is 4.57 Å². The van der Waals surface area contributed by atoms with E-state index in [0.717, 1.165) is 58.2 Å². The van der Waals surface area contributed by atoms with Crippen LogP contribution in [-0.2, 0) is 95.7 Å². The van der Waals surface area contributed by atoms with Crippen LogP contribution in [0.3, 0.4) is 0 Å². The summed E-state index contributed by atoms with van der Waals surface area (Å²) in [7, 11) is 5.05. The van der Waals surface area contributed by atoms with Crippen molar-refractivity contribution >= 4 is 43.9 Å². The first kappa shape index (κ1) is 81.2. The van der Waals surface area contributed by atoms with Crippen molar-refractivity contribution in [2.45, 2.75) is 175 Å². The standard InChI is InChI=1S/C88H126N3O12/c1-7-10-13-16-19-22-40-89-79-64-76(73-31-25-70(26-32-73)37-43-95-52-55-101-61-58-98-49-46-92-4)66-81-85(79)88-86-80(89)65-77(74-33-27-71(28-34-74)38-44-96-53-56-102-62-59-99-50-47-93-5)67-82(86)91(42-24-21-18-15-12-9-3)84-69-78(68-83(87(84)88)90(81)41-23-20-17-14-11-8-2)75-35-29-72(30-36-75)39-45-97-54-57-103-63-60-100-51-48-94-6/h25-36,64-69H,7-24,37-63H2,1-6H3/q+1. The first-order valence-electron chi connectivity index (χ1n) is 39.7. The molecule has 0 spiro atoms. The Balaban J connectivity index is 1.15. The zero-order chi connectivity index (χ0) is 71.7. The van der Waals surface area contributed by atoms with Gasteiger partial charge in [-0.3, -0.25) is 0 Å². The van der Waals surface area contributed by atoms with Gasteiger partial charge in [0.25, 0.3) is 0 Å². The normalized spacial score (nSPS) is 12.1. The molecule has 0 radical (unpaired) electrons. The van der Waals surface area contributed by atoms with Crippen LogP contribution in [0.15, 0.2) is 109 Å². The molecular weight excluding hydrogens is 1290 g/mol. The molecule has 564 valence electrons. The first-order chi connectivity index (χ1) is 51.0. The largest absolute Gasteiger partial charge is 0.382 e. The molecule has 2 aliphatic heterocycles. The number of ether oxygens (including phenoxy) is 12. The molecule has 6 aromatic carbocycles. The second-order valence-electron chi connectivity index (χ2n) is 27.6. The number of rotatable bonds is 60. The van der Waals surface area contributed by atoms with Crippen molar-refractivity contribution in [3.8, 4) is 44.5 Å². The molecule has 0 aliphatic carbocycles. The van der Waals surface area contributed by atoms with E-state index in [1.54, 1.807) is 21.3 Å². The predicted molar refractivity (Wildman–Crippen MR) is 421 cm³/mol. The molecule has 2 aliphatic rings. The summed E-state index contributed by atoms with van der Waals surface area (Å²) in [6.45, 7) is 21.7. The van der Waals surface area contributed by atoms with Crippen LogP contribution in [0.4, 0.5) is 0 Å². The maximum atomic E-state index is 6.10. The van der Waals surface area contributed by atoms with Gasteiger partial charge in [0.1, 0.15) is 6.54 Å². The van der Waals surface area contributed by atoms with E-state index >= 15 is 0 Å². The molecule has 0 amide bonds. The van der Waals surface area contributed by atoms with Crippen molar-refractivity contribution in [2.75, 3.05) is 160 Å². The van der Waals surface area contributed by atoms with Crippen molar-refractivity contribution in [1.29, 1.82) is 0 Å². The van der Waals surface area contributed by atoms with Gasteiger partial charge in [-0.05, 0) is 113 Å². The van der Waals surface area contributed by atoms with E-state index in [-0.39, 0.29) is 0 Å². The average Bonchev–Trinajstić information content (AvgIpc) is 0.680. The summed E-state index contributed by atoms with van der Waals surface area (Å²) < 4.78 is 75.9. The van der Waals surface area contributed by atoms with E-state index in [2.05, 4.69) is 144 Å². The van der Waals surface area contributed by atoms with Crippen LogP contribution in [0.25, 0.3) is 88.4 Å². The summed E-state index contributed by atoms with van der Waals surface area (Å²) in [5, 5.41) is 2.77. The summed E-state index contributed by atoms with van der Waals surface area (Å²) in [6, 6.07) is 43.4. The van der Waals surface area contributed by atoms with Crippen molar-refractivity contribution < 1.29 is 61.4 Å². The summed E-state index contributed by atoms with van der Waals surface area (Å²) in [6.07, 6.45) is 24.5. The topological polar surface area (TPSA) is 125 Å². The minimum Gasteiger partial charge on any atom is -0.382 e. The van der Waals surface area contributed by atoms with Gasteiger partial charge in [0.05, 0.1) is 172 Å². The zero-order valence-corrected chi connectivity index (χ0v) is 64.0. The maximum Gasteiger partial charge on any atom is 0.216 e. The highest BCUT2D eigenvalue weighted by Crippen LogP contribution is 2.50. The fraction of sp³-hybridized carbons (Fsp3) is 0.580. The zero-order valence-electron chi connectivity index (χ0n) is 64.0. The Kier molecular flexibility index (Phi) is 37.5. The number of methoxy groups -OCH3 is 3. The summed E-state index contributed by atoms with van der Waals surface area (Å²) in [5.74, 6) is 0. The van der Waals surface area contributed by atoms with E-state index in [4.69, 9.17) is 56.8 Å². The molecule has 0 fully saturated rings. The van der Waals surface area contributed by atoms with E-state index < -0.39 is 0 Å². The van der Waals surface area contributed by atoms with Gasteiger partial charge in [-0.1, -0.05) is 183 Å². The number of hydrogen-bond acceptors (Lipinski definition) is 12. The Morgan fingerprint density at radius 2 is 0.534 bits per heavy atom. The van der Waals surface area contributed by atoms with Gasteiger partial charge in [0, 0.05) is 64.1 Å². The van der Waals surface area contributed by atoms with Crippen LogP contribution in [0.1, 0.15) is 153 Å². The van der Waals surface area contributed by atoms with Crippen LogP contribution in [-0.4, -0.2) is 169 Å². The molecule has 1 aromatic heterocycles. The Morgan fingerprint density at radius 1 is 0.262 bits per heavy atom. The highest BCUT2D eigenvalue weighted by molar-refractivity contribution is 6.26. The van der Waals surface area contributed by atoms with Crippen molar-refractivity contribution in [2.24, 2.45) is 0 Å². The van der Waals surface area contributed by atoms with Crippen LogP contribution in [0, 0.1) is 0 Å². The van der Waals surface area contributed by atoms with Crippen LogP contribution < -0.4 is 4.57 Å². The fourth-order valence-corrected chi connectivity index (χ4v) is 14.2. The molecule has 15 nitrogen and oxygen atoms in total. The number of benzene rings is 6. The molecular formula is C88H126N3O12+. The molecule has 9 rings (SSSR count). The van der Waals surface area contributed by atoms with Crippen LogP contribution in [0.5, 0.6) is 0 Å². The van der Waals surface area contributed by atoms with Crippen LogP contribution >= 0.6 is 0 Å². The lowest BCUT2D eigenvalue weighted by molar-refractivity contribution is -0.645. The molecule has 0 N–H and O–H groups in total. The quantitative estimate of drug-likeness (QED) is 0.0156. The molecule has 15 heteroatoms. The Morgan fingerprint density at radius 3 is 0.854 bits per heavy atom. The van der Waals surface area contributed by atoms with E-state index in [1.165, 1.54) is 201 Å². The highest BCUT2D eigenvalue weighted by Gasteiger charge is 2.34. The van der Waals surface area contributed by atoms with Gasteiger partial charge >= 0.3 is 0 Å². The lowest BCUT2D eigenvalue weighted by atomic mass is 9.85. The number of aromatic nitrogens is 3. The molecule has 7 aromatic rings. The molecule has 0 unspecified atom stereocenters. The van der Waals surface area contributed by atoms with Crippen molar-refractivity contribution in [3.05, 3.63) is 126 Å². The smallest absolute Gasteiger partial charge is 0.216 e. The van der Waals surface area contributed by atoms with Crippen LogP contribution in [0.2, 0.25) is 0 Å². The SMILES string of the molecule is CCCCCCCCn1c2cc(-c3ccc(CCOCCOCCOCCOC)cc3)cc3c2-c2c4c1cc(-c1ccc(CCOCCOCCOCCOC)cc1)cc4[n+](CCCCCCCC)c1cc(-c4ccc(CCOCCOCCOCCOC)cc4)cc(c21)n3CCCCCCCC. The minimum absolute atomic E-state index is 0.542. The molecule has 0 bridgehead atoms. The van der Waals surface area contributed by atoms with Crippen molar-refractivity contribution in [3.63, 3.8) is 0 Å². The third-order valence-corrected chi connectivity index (χ3v) is 20.0. The third-order valence-electron chi connectivity index (χ3n) is 20.0. The fourth-order valence-electron chi connectivity index (χ4n) is 14.2. The second kappa shape index (κ2) is 47.6. The molecule has 0 saturated carbocycles. The number of unbranched alkanes of at least 4 members (excludes halogenated alkanes) is 15. The first-order valence-corrected chi connectivity index (χ1v) is 39.7. The monoisotopic (exact) mass is 1420 g/mol. The Labute approximate surface area is 617 Å². The summed E-state index contributed by atoms with van der Waals surface area (Å²) in [5.41, 5.74) is 21.8. The number of hydrogen-bond donors (Lipinski definition) is 0. The number of aryl methyl sites for hydroxylation is 3. The molecule has 103 heavy (non-hydrogen) atoms. The van der Waals surface area contributed by atoms with Crippen molar-refractivity contribution in [1.82, 2.24) is 9.13 Å². The minimum atomic E-state index is 0.542. The molecule has 0 saturated heterocycles. The third kappa shape index (κ3) is 25.4. The van der Waals surface area contributed by atoms with E-state index in [1.807, 2.05) is 0 Å². The van der Waals surface area contributed by atoms with Gasteiger partial charge in [-0.15, -0.1) is 0 Å². The van der Waals surface area contributed by atoms with E-state index in [9.17, 15) is 0 Å². The lowest BCUT2D eigenvalue weighted by Crippen LogP contribution is -2.37. The lowest BCUT2D eigenvalue weighted by Gasteiger charge is -2.29. The highest BCUT2D eigenvalue weighted by atomic mass is 16.6. The van der Waals surface area contributed by atoms with Gasteiger partial charge in [-0.25, -0.2) is 0 Å². The number of pyridine rings is 3. The van der Waals surface area contributed by atoms with Gasteiger partial charge < -0.3 is 66.0 Å². The maximum absolute atomic E-state index is 6.10. The molecule has 3 heterocycles. The van der Waals surface area contributed by atoms with E-state index in [0.29, 0.717) is 139 Å². The van der Waals surface area contributed by atoms with Gasteiger partial charge in [0.15, 0.2) is 0 Å². The van der Waals surface area contributed by atoms with Gasteiger partial charge in [0.2, 0.25) is 11.0 Å². The Hall–Kier alpha value is -5.89. The average molecular weight is 1420 g/mol. The summed E-state index contributed by atoms with van der Waals surface area (Å²) in [4.78, 5) is 0. The summed E-state index contributed by atoms with van der Waals surface area (Å²) >= 11 is 0. The number of nitrogens with zero attached hydrogens (tertiary/aromatic N) is 3. The second-order valence-corrected chi connectivity index (χ2v) is 27.6. The predicted octanol–water partition coefficient (Wildman–Crippen LogP) is 18.5. The Bertz CT molecular complexity index is 3500. The molecule has 0 atom stereocenters.